The van der Waals surface area contributed by atoms with E-state index < -0.39 is 5.92 Å². The number of benzene rings is 2. The summed E-state index contributed by atoms with van der Waals surface area (Å²) in [6, 6.07) is 14.3. The lowest BCUT2D eigenvalue weighted by atomic mass is 9.90. The Kier molecular flexibility index (Phi) is 3.89. The fourth-order valence-electron chi connectivity index (χ4n) is 2.62. The summed E-state index contributed by atoms with van der Waals surface area (Å²) in [6.07, 6.45) is 0.128. The van der Waals surface area contributed by atoms with Crippen LogP contribution < -0.4 is 10.6 Å². The molecule has 0 aromatic heterocycles. The Bertz CT molecular complexity index is 727. The molecule has 0 saturated carbocycles. The van der Waals surface area contributed by atoms with Crippen LogP contribution in [0.5, 0.6) is 0 Å². The molecule has 0 bridgehead atoms. The number of hydrogen-bond donors (Lipinski definition) is 3. The van der Waals surface area contributed by atoms with E-state index in [9.17, 15) is 9.59 Å². The van der Waals surface area contributed by atoms with Crippen molar-refractivity contribution in [3.8, 4) is 0 Å². The normalized spacial score (nSPS) is 16.6. The number of rotatable bonds is 3. The molecular formula is C17H16N2O3. The Morgan fingerprint density at radius 1 is 1.23 bits per heavy atom. The molecule has 22 heavy (non-hydrogen) atoms. The molecule has 5 nitrogen and oxygen atoms in total. The minimum atomic E-state index is -0.511. The first-order chi connectivity index (χ1) is 10.7. The predicted octanol–water partition coefficient (Wildman–Crippen LogP) is 2.24. The molecular weight excluding hydrogens is 280 g/mol. The van der Waals surface area contributed by atoms with Crippen LogP contribution >= 0.6 is 0 Å². The minimum Gasteiger partial charge on any atom is -0.392 e. The number of aliphatic hydroxyl groups excluding tert-OH is 1. The van der Waals surface area contributed by atoms with Crippen molar-refractivity contribution in [3.05, 3.63) is 59.7 Å². The number of aliphatic hydroxyl groups is 1. The first-order valence-corrected chi connectivity index (χ1v) is 7.07. The summed E-state index contributed by atoms with van der Waals surface area (Å²) in [7, 11) is 0. The Hall–Kier alpha value is -2.66. The van der Waals surface area contributed by atoms with E-state index in [4.69, 9.17) is 5.11 Å². The summed E-state index contributed by atoms with van der Waals surface area (Å²) < 4.78 is 0. The molecule has 1 heterocycles. The molecule has 0 radical (unpaired) electrons. The van der Waals surface area contributed by atoms with Crippen LogP contribution in [-0.2, 0) is 16.2 Å². The zero-order valence-electron chi connectivity index (χ0n) is 11.9. The average molecular weight is 296 g/mol. The maximum atomic E-state index is 12.5. The third-order valence-electron chi connectivity index (χ3n) is 3.69. The highest BCUT2D eigenvalue weighted by atomic mass is 16.3. The minimum absolute atomic E-state index is 0.0849. The van der Waals surface area contributed by atoms with Gasteiger partial charge < -0.3 is 15.7 Å². The van der Waals surface area contributed by atoms with Crippen LogP contribution in [0.1, 0.15) is 23.5 Å². The Balaban J connectivity index is 1.84. The van der Waals surface area contributed by atoms with E-state index in [0.717, 1.165) is 11.1 Å². The lowest BCUT2D eigenvalue weighted by molar-refractivity contribution is -0.123. The van der Waals surface area contributed by atoms with E-state index in [1.165, 1.54) is 0 Å². The van der Waals surface area contributed by atoms with Crippen molar-refractivity contribution in [1.82, 2.24) is 0 Å². The van der Waals surface area contributed by atoms with Gasteiger partial charge in [0.2, 0.25) is 11.8 Å². The molecule has 3 N–H and O–H groups in total. The predicted molar refractivity (Wildman–Crippen MR) is 83.4 cm³/mol. The molecule has 2 amide bonds. The van der Waals surface area contributed by atoms with Crippen molar-refractivity contribution in [2.45, 2.75) is 18.9 Å². The molecule has 0 fully saturated rings. The summed E-state index contributed by atoms with van der Waals surface area (Å²) in [5, 5.41) is 14.7. The van der Waals surface area contributed by atoms with Gasteiger partial charge in [-0.3, -0.25) is 9.59 Å². The molecule has 0 spiro atoms. The molecule has 1 aliphatic rings. The molecule has 0 saturated heterocycles. The number of amides is 2. The Morgan fingerprint density at radius 3 is 2.86 bits per heavy atom. The Labute approximate surface area is 128 Å². The van der Waals surface area contributed by atoms with Crippen LogP contribution in [0.25, 0.3) is 0 Å². The van der Waals surface area contributed by atoms with Gasteiger partial charge in [-0.2, -0.15) is 0 Å². The van der Waals surface area contributed by atoms with E-state index in [1.54, 1.807) is 30.3 Å². The SMILES string of the molecule is O=C1CC(C(=O)Nc2cccc(CO)c2)c2ccccc2N1. The van der Waals surface area contributed by atoms with E-state index in [1.807, 2.05) is 18.2 Å². The molecule has 0 aliphatic carbocycles. The van der Waals surface area contributed by atoms with Crippen LogP contribution in [0.15, 0.2) is 48.5 Å². The summed E-state index contributed by atoms with van der Waals surface area (Å²) >= 11 is 0. The van der Waals surface area contributed by atoms with Gasteiger partial charge in [-0.05, 0) is 29.3 Å². The van der Waals surface area contributed by atoms with E-state index in [2.05, 4.69) is 10.6 Å². The van der Waals surface area contributed by atoms with Gasteiger partial charge >= 0.3 is 0 Å². The third-order valence-corrected chi connectivity index (χ3v) is 3.69. The van der Waals surface area contributed by atoms with Gasteiger partial charge in [-0.25, -0.2) is 0 Å². The molecule has 2 aromatic carbocycles. The highest BCUT2D eigenvalue weighted by Gasteiger charge is 2.30. The van der Waals surface area contributed by atoms with Gasteiger partial charge in [-0.1, -0.05) is 30.3 Å². The van der Waals surface area contributed by atoms with Crippen molar-refractivity contribution in [2.24, 2.45) is 0 Å². The zero-order chi connectivity index (χ0) is 15.5. The number of para-hydroxylation sites is 1. The van der Waals surface area contributed by atoms with Crippen molar-refractivity contribution in [2.75, 3.05) is 10.6 Å². The van der Waals surface area contributed by atoms with Crippen molar-refractivity contribution < 1.29 is 14.7 Å². The van der Waals surface area contributed by atoms with Gasteiger partial charge in [0.05, 0.1) is 12.5 Å². The summed E-state index contributed by atoms with van der Waals surface area (Å²) in [4.78, 5) is 24.3. The number of nitrogens with one attached hydrogen (secondary N) is 2. The molecule has 5 heteroatoms. The lowest BCUT2D eigenvalue weighted by Gasteiger charge is -2.24. The molecule has 2 aromatic rings. The summed E-state index contributed by atoms with van der Waals surface area (Å²) in [6.45, 7) is -0.0849. The second-order valence-corrected chi connectivity index (χ2v) is 5.24. The quantitative estimate of drug-likeness (QED) is 0.813. The summed E-state index contributed by atoms with van der Waals surface area (Å²) in [5.74, 6) is -0.900. The molecule has 1 unspecified atom stereocenters. The number of hydrogen-bond acceptors (Lipinski definition) is 3. The highest BCUT2D eigenvalue weighted by Crippen LogP contribution is 2.32. The number of fused-ring (bicyclic) bond motifs is 1. The van der Waals surface area contributed by atoms with Gasteiger partial charge in [-0.15, -0.1) is 0 Å². The van der Waals surface area contributed by atoms with E-state index in [-0.39, 0.29) is 24.8 Å². The molecule has 3 rings (SSSR count). The second kappa shape index (κ2) is 5.99. The topological polar surface area (TPSA) is 78.4 Å². The van der Waals surface area contributed by atoms with Crippen LogP contribution in [-0.4, -0.2) is 16.9 Å². The number of anilines is 2. The van der Waals surface area contributed by atoms with Crippen LogP contribution in [0.2, 0.25) is 0 Å². The Morgan fingerprint density at radius 2 is 2.05 bits per heavy atom. The first-order valence-electron chi connectivity index (χ1n) is 7.07. The molecule has 1 aliphatic heterocycles. The van der Waals surface area contributed by atoms with Crippen LogP contribution in [0.3, 0.4) is 0 Å². The number of carbonyl (C=O) groups excluding carboxylic acids is 2. The van der Waals surface area contributed by atoms with Crippen molar-refractivity contribution >= 4 is 23.2 Å². The van der Waals surface area contributed by atoms with Gasteiger partial charge in [0.25, 0.3) is 0 Å². The second-order valence-electron chi connectivity index (χ2n) is 5.24. The smallest absolute Gasteiger partial charge is 0.232 e. The van der Waals surface area contributed by atoms with Crippen molar-refractivity contribution in [1.29, 1.82) is 0 Å². The molecule has 112 valence electrons. The largest absolute Gasteiger partial charge is 0.392 e. The third kappa shape index (κ3) is 2.84. The fourth-order valence-corrected chi connectivity index (χ4v) is 2.62. The van der Waals surface area contributed by atoms with Crippen LogP contribution in [0.4, 0.5) is 11.4 Å². The summed E-state index contributed by atoms with van der Waals surface area (Å²) in [5.41, 5.74) is 2.83. The van der Waals surface area contributed by atoms with E-state index >= 15 is 0 Å². The van der Waals surface area contributed by atoms with E-state index in [0.29, 0.717) is 11.4 Å². The van der Waals surface area contributed by atoms with Gasteiger partial charge in [0, 0.05) is 17.8 Å². The molecule has 1 atom stereocenters. The van der Waals surface area contributed by atoms with Crippen molar-refractivity contribution in [3.63, 3.8) is 0 Å². The monoisotopic (exact) mass is 296 g/mol. The van der Waals surface area contributed by atoms with Gasteiger partial charge in [0.1, 0.15) is 0 Å². The standard InChI is InChI=1S/C17H16N2O3/c20-10-11-4-3-5-12(8-11)18-17(22)14-9-16(21)19-15-7-2-1-6-13(14)15/h1-8,14,20H,9-10H2,(H,18,22)(H,19,21). The average Bonchev–Trinajstić information content (AvgIpc) is 2.54. The maximum Gasteiger partial charge on any atom is 0.232 e. The zero-order valence-corrected chi connectivity index (χ0v) is 11.9. The van der Waals surface area contributed by atoms with Gasteiger partial charge in [0.15, 0.2) is 0 Å². The highest BCUT2D eigenvalue weighted by molar-refractivity contribution is 6.05. The van der Waals surface area contributed by atoms with Crippen LogP contribution in [0, 0.1) is 0 Å². The first kappa shape index (κ1) is 14.3. The maximum absolute atomic E-state index is 12.5. The lowest BCUT2D eigenvalue weighted by Crippen LogP contribution is -2.30. The fraction of sp³-hybridized carbons (Fsp3) is 0.176. The number of carbonyl (C=O) groups is 2.